The zero-order chi connectivity index (χ0) is 12.0. The standard InChI is InChI=1S/C15H31N/c1-13(2)10-11-16(14(3)4)12-15-8-6-5-7-9-15/h13-15H,5-12H2,1-4H3. The molecule has 1 fully saturated rings. The Kier molecular flexibility index (Phi) is 6.41. The van der Waals surface area contributed by atoms with Crippen molar-refractivity contribution in [3.05, 3.63) is 0 Å². The molecular formula is C15H31N. The third-order valence-electron chi connectivity index (χ3n) is 3.94. The largest absolute Gasteiger partial charge is 0.301 e. The van der Waals surface area contributed by atoms with Crippen LogP contribution in [0.3, 0.4) is 0 Å². The Balaban J connectivity index is 2.31. The molecule has 0 amide bonds. The quantitative estimate of drug-likeness (QED) is 0.650. The van der Waals surface area contributed by atoms with E-state index in [0.717, 1.165) is 17.9 Å². The second-order valence-electron chi connectivity index (χ2n) is 6.28. The lowest BCUT2D eigenvalue weighted by Crippen LogP contribution is -2.37. The van der Waals surface area contributed by atoms with Gasteiger partial charge in [0.1, 0.15) is 0 Å². The van der Waals surface area contributed by atoms with Gasteiger partial charge in [-0.2, -0.15) is 0 Å². The molecule has 1 heteroatoms. The molecule has 16 heavy (non-hydrogen) atoms. The van der Waals surface area contributed by atoms with Crippen LogP contribution in [0.2, 0.25) is 0 Å². The number of rotatable bonds is 6. The van der Waals surface area contributed by atoms with Crippen molar-refractivity contribution in [1.29, 1.82) is 0 Å². The molecule has 0 unspecified atom stereocenters. The fraction of sp³-hybridized carbons (Fsp3) is 1.00. The summed E-state index contributed by atoms with van der Waals surface area (Å²) < 4.78 is 0. The number of hydrogen-bond donors (Lipinski definition) is 0. The fourth-order valence-electron chi connectivity index (χ4n) is 2.69. The number of hydrogen-bond acceptors (Lipinski definition) is 1. The van der Waals surface area contributed by atoms with Crippen LogP contribution in [0.1, 0.15) is 66.2 Å². The Bertz CT molecular complexity index is 168. The maximum absolute atomic E-state index is 2.70. The van der Waals surface area contributed by atoms with Crippen LogP contribution in [0, 0.1) is 11.8 Å². The maximum atomic E-state index is 2.70. The SMILES string of the molecule is CC(C)CCN(CC1CCCCC1)C(C)C. The van der Waals surface area contributed by atoms with E-state index >= 15 is 0 Å². The van der Waals surface area contributed by atoms with Gasteiger partial charge in [-0.25, -0.2) is 0 Å². The molecule has 0 aliphatic heterocycles. The van der Waals surface area contributed by atoms with Crippen molar-refractivity contribution in [2.45, 2.75) is 72.3 Å². The smallest absolute Gasteiger partial charge is 0.00387 e. The second-order valence-corrected chi connectivity index (χ2v) is 6.28. The third-order valence-corrected chi connectivity index (χ3v) is 3.94. The highest BCUT2D eigenvalue weighted by molar-refractivity contribution is 4.73. The second kappa shape index (κ2) is 7.32. The molecule has 0 saturated heterocycles. The van der Waals surface area contributed by atoms with Crippen molar-refractivity contribution in [3.8, 4) is 0 Å². The van der Waals surface area contributed by atoms with Crippen molar-refractivity contribution >= 4 is 0 Å². The van der Waals surface area contributed by atoms with E-state index in [0.29, 0.717) is 0 Å². The average molecular weight is 225 g/mol. The molecule has 0 bridgehead atoms. The van der Waals surface area contributed by atoms with Gasteiger partial charge in [0, 0.05) is 12.6 Å². The molecule has 0 heterocycles. The molecule has 0 atom stereocenters. The highest BCUT2D eigenvalue weighted by atomic mass is 15.1. The molecule has 1 aliphatic rings. The topological polar surface area (TPSA) is 3.24 Å². The minimum absolute atomic E-state index is 0.723. The molecule has 0 aromatic carbocycles. The minimum Gasteiger partial charge on any atom is -0.301 e. The average Bonchev–Trinajstić information content (AvgIpc) is 2.25. The van der Waals surface area contributed by atoms with Crippen LogP contribution in [0.25, 0.3) is 0 Å². The Morgan fingerprint density at radius 3 is 2.12 bits per heavy atom. The first kappa shape index (κ1) is 14.0. The minimum atomic E-state index is 0.723. The molecular weight excluding hydrogens is 194 g/mol. The maximum Gasteiger partial charge on any atom is 0.00387 e. The Labute approximate surface area is 103 Å². The van der Waals surface area contributed by atoms with Gasteiger partial charge in [0.05, 0.1) is 0 Å². The van der Waals surface area contributed by atoms with Gasteiger partial charge in [0.15, 0.2) is 0 Å². The van der Waals surface area contributed by atoms with Crippen LogP contribution in [0.4, 0.5) is 0 Å². The van der Waals surface area contributed by atoms with Crippen LogP contribution < -0.4 is 0 Å². The van der Waals surface area contributed by atoms with Gasteiger partial charge < -0.3 is 4.90 Å². The van der Waals surface area contributed by atoms with Crippen molar-refractivity contribution in [1.82, 2.24) is 4.90 Å². The summed E-state index contributed by atoms with van der Waals surface area (Å²) in [4.78, 5) is 2.70. The zero-order valence-corrected chi connectivity index (χ0v) is 11.8. The van der Waals surface area contributed by atoms with Crippen LogP contribution >= 0.6 is 0 Å². The van der Waals surface area contributed by atoms with Gasteiger partial charge >= 0.3 is 0 Å². The zero-order valence-electron chi connectivity index (χ0n) is 11.8. The van der Waals surface area contributed by atoms with E-state index in [1.165, 1.54) is 51.6 Å². The van der Waals surface area contributed by atoms with E-state index in [9.17, 15) is 0 Å². The molecule has 1 saturated carbocycles. The van der Waals surface area contributed by atoms with Gasteiger partial charge in [-0.3, -0.25) is 0 Å². The summed E-state index contributed by atoms with van der Waals surface area (Å²) in [5, 5.41) is 0. The van der Waals surface area contributed by atoms with Gasteiger partial charge in [-0.05, 0) is 51.5 Å². The monoisotopic (exact) mass is 225 g/mol. The van der Waals surface area contributed by atoms with Gasteiger partial charge in [0.2, 0.25) is 0 Å². The summed E-state index contributed by atoms with van der Waals surface area (Å²) in [5.41, 5.74) is 0. The summed E-state index contributed by atoms with van der Waals surface area (Å²) in [6.45, 7) is 12.0. The van der Waals surface area contributed by atoms with Crippen LogP contribution in [0.15, 0.2) is 0 Å². The lowest BCUT2D eigenvalue weighted by molar-refractivity contribution is 0.158. The summed E-state index contributed by atoms with van der Waals surface area (Å²) in [6.07, 6.45) is 8.73. The lowest BCUT2D eigenvalue weighted by atomic mass is 9.88. The summed E-state index contributed by atoms with van der Waals surface area (Å²) >= 11 is 0. The van der Waals surface area contributed by atoms with Crippen molar-refractivity contribution in [3.63, 3.8) is 0 Å². The summed E-state index contributed by atoms with van der Waals surface area (Å²) in [5.74, 6) is 1.83. The van der Waals surface area contributed by atoms with Crippen LogP contribution in [0.5, 0.6) is 0 Å². The highest BCUT2D eigenvalue weighted by Gasteiger charge is 2.18. The fourth-order valence-corrected chi connectivity index (χ4v) is 2.69. The molecule has 0 aromatic rings. The lowest BCUT2D eigenvalue weighted by Gasteiger charge is -2.33. The van der Waals surface area contributed by atoms with E-state index in [-0.39, 0.29) is 0 Å². The Morgan fingerprint density at radius 1 is 1.00 bits per heavy atom. The molecule has 1 aliphatic carbocycles. The summed E-state index contributed by atoms with van der Waals surface area (Å²) in [6, 6.07) is 0.723. The van der Waals surface area contributed by atoms with Gasteiger partial charge in [-0.15, -0.1) is 0 Å². The molecule has 96 valence electrons. The van der Waals surface area contributed by atoms with Crippen LogP contribution in [-0.2, 0) is 0 Å². The predicted molar refractivity (Wildman–Crippen MR) is 72.7 cm³/mol. The molecule has 1 nitrogen and oxygen atoms in total. The number of nitrogens with zero attached hydrogens (tertiary/aromatic N) is 1. The van der Waals surface area contributed by atoms with E-state index in [1.807, 2.05) is 0 Å². The summed E-state index contributed by atoms with van der Waals surface area (Å²) in [7, 11) is 0. The van der Waals surface area contributed by atoms with E-state index in [2.05, 4.69) is 32.6 Å². The molecule has 1 rings (SSSR count). The normalized spacial score (nSPS) is 18.9. The molecule has 0 N–H and O–H groups in total. The molecule has 0 aromatic heterocycles. The van der Waals surface area contributed by atoms with E-state index < -0.39 is 0 Å². The predicted octanol–water partition coefficient (Wildman–Crippen LogP) is 4.32. The Hall–Kier alpha value is -0.0400. The van der Waals surface area contributed by atoms with E-state index in [4.69, 9.17) is 0 Å². The molecule has 0 radical (unpaired) electrons. The third kappa shape index (κ3) is 5.34. The first-order valence-electron chi connectivity index (χ1n) is 7.33. The van der Waals surface area contributed by atoms with Crippen molar-refractivity contribution in [2.24, 2.45) is 11.8 Å². The Morgan fingerprint density at radius 2 is 1.62 bits per heavy atom. The van der Waals surface area contributed by atoms with Crippen molar-refractivity contribution in [2.75, 3.05) is 13.1 Å². The first-order chi connectivity index (χ1) is 7.59. The van der Waals surface area contributed by atoms with Gasteiger partial charge in [-0.1, -0.05) is 33.1 Å². The molecule has 0 spiro atoms. The van der Waals surface area contributed by atoms with E-state index in [1.54, 1.807) is 0 Å². The van der Waals surface area contributed by atoms with Crippen LogP contribution in [-0.4, -0.2) is 24.0 Å². The van der Waals surface area contributed by atoms with Crippen molar-refractivity contribution < 1.29 is 0 Å². The highest BCUT2D eigenvalue weighted by Crippen LogP contribution is 2.25. The van der Waals surface area contributed by atoms with Gasteiger partial charge in [0.25, 0.3) is 0 Å². The first-order valence-corrected chi connectivity index (χ1v) is 7.33.